The highest BCUT2D eigenvalue weighted by Crippen LogP contribution is 2.26. The van der Waals surface area contributed by atoms with Gasteiger partial charge in [0.25, 0.3) is 0 Å². The Kier molecular flexibility index (Phi) is 3.16. The van der Waals surface area contributed by atoms with Crippen LogP contribution in [-0.4, -0.2) is 20.0 Å². The summed E-state index contributed by atoms with van der Waals surface area (Å²) < 4.78 is 1.69. The SMILES string of the molecule is CCc1ccccc1-n1nnc(-c2ccncc2)c1N. The first kappa shape index (κ1) is 12.3. The number of hydrogen-bond donors (Lipinski definition) is 1. The summed E-state index contributed by atoms with van der Waals surface area (Å²) in [7, 11) is 0. The molecule has 0 radical (unpaired) electrons. The van der Waals surface area contributed by atoms with Crippen LogP contribution in [0.3, 0.4) is 0 Å². The number of pyridine rings is 1. The van der Waals surface area contributed by atoms with Crippen LogP contribution in [0, 0.1) is 0 Å². The summed E-state index contributed by atoms with van der Waals surface area (Å²) in [6.07, 6.45) is 4.35. The van der Waals surface area contributed by atoms with Gasteiger partial charge in [-0.1, -0.05) is 30.3 Å². The summed E-state index contributed by atoms with van der Waals surface area (Å²) in [4.78, 5) is 4.00. The highest BCUT2D eigenvalue weighted by atomic mass is 15.5. The van der Waals surface area contributed by atoms with Crippen molar-refractivity contribution in [3.05, 3.63) is 54.4 Å². The zero-order chi connectivity index (χ0) is 13.9. The molecule has 0 unspecified atom stereocenters. The lowest BCUT2D eigenvalue weighted by molar-refractivity contribution is 0.800. The van der Waals surface area contributed by atoms with Crippen molar-refractivity contribution < 1.29 is 0 Å². The van der Waals surface area contributed by atoms with E-state index in [0.29, 0.717) is 11.5 Å². The molecular formula is C15H15N5. The number of benzene rings is 1. The lowest BCUT2D eigenvalue weighted by Crippen LogP contribution is -2.05. The Morgan fingerprint density at radius 2 is 1.85 bits per heavy atom. The third-order valence-electron chi connectivity index (χ3n) is 3.26. The summed E-state index contributed by atoms with van der Waals surface area (Å²) in [5.41, 5.74) is 9.96. The lowest BCUT2D eigenvalue weighted by atomic mass is 10.1. The normalized spacial score (nSPS) is 10.7. The average molecular weight is 265 g/mol. The maximum Gasteiger partial charge on any atom is 0.155 e. The predicted octanol–water partition coefficient (Wildman–Crippen LogP) is 2.47. The topological polar surface area (TPSA) is 69.6 Å². The summed E-state index contributed by atoms with van der Waals surface area (Å²) >= 11 is 0. The van der Waals surface area contributed by atoms with E-state index in [9.17, 15) is 0 Å². The summed E-state index contributed by atoms with van der Waals surface area (Å²) in [5, 5.41) is 8.39. The number of aromatic nitrogens is 4. The number of hydrogen-bond acceptors (Lipinski definition) is 4. The molecule has 1 aromatic carbocycles. The zero-order valence-electron chi connectivity index (χ0n) is 11.2. The number of anilines is 1. The molecule has 3 rings (SSSR count). The van der Waals surface area contributed by atoms with Crippen LogP contribution in [-0.2, 0) is 6.42 Å². The van der Waals surface area contributed by atoms with E-state index < -0.39 is 0 Å². The fourth-order valence-electron chi connectivity index (χ4n) is 2.20. The van der Waals surface area contributed by atoms with Gasteiger partial charge in [0.15, 0.2) is 5.82 Å². The summed E-state index contributed by atoms with van der Waals surface area (Å²) in [5.74, 6) is 0.539. The van der Waals surface area contributed by atoms with Gasteiger partial charge in [0, 0.05) is 18.0 Å². The third-order valence-corrected chi connectivity index (χ3v) is 3.26. The van der Waals surface area contributed by atoms with Crippen molar-refractivity contribution in [3.8, 4) is 16.9 Å². The molecule has 5 heteroatoms. The largest absolute Gasteiger partial charge is 0.382 e. The Hall–Kier alpha value is -2.69. The van der Waals surface area contributed by atoms with Crippen molar-refractivity contribution in [2.45, 2.75) is 13.3 Å². The molecule has 0 amide bonds. The van der Waals surface area contributed by atoms with Gasteiger partial charge in [0.05, 0.1) is 5.69 Å². The van der Waals surface area contributed by atoms with E-state index in [1.807, 2.05) is 30.3 Å². The van der Waals surface area contributed by atoms with Crippen molar-refractivity contribution in [1.29, 1.82) is 0 Å². The van der Waals surface area contributed by atoms with Crippen LogP contribution >= 0.6 is 0 Å². The Bertz CT molecular complexity index is 718. The van der Waals surface area contributed by atoms with Crippen LogP contribution in [0.25, 0.3) is 16.9 Å². The van der Waals surface area contributed by atoms with Gasteiger partial charge < -0.3 is 5.73 Å². The van der Waals surface area contributed by atoms with E-state index in [1.165, 1.54) is 5.56 Å². The molecule has 0 aliphatic heterocycles. The van der Waals surface area contributed by atoms with Crippen LogP contribution in [0.1, 0.15) is 12.5 Å². The fraction of sp³-hybridized carbons (Fsp3) is 0.133. The second-order valence-corrected chi connectivity index (χ2v) is 4.45. The molecule has 5 nitrogen and oxygen atoms in total. The molecule has 100 valence electrons. The van der Waals surface area contributed by atoms with E-state index in [-0.39, 0.29) is 0 Å². The number of nitrogens with two attached hydrogens (primary N) is 1. The molecule has 2 heterocycles. The van der Waals surface area contributed by atoms with Crippen molar-refractivity contribution >= 4 is 5.82 Å². The van der Waals surface area contributed by atoms with E-state index >= 15 is 0 Å². The van der Waals surface area contributed by atoms with Crippen molar-refractivity contribution in [2.24, 2.45) is 0 Å². The highest BCUT2D eigenvalue weighted by Gasteiger charge is 2.14. The van der Waals surface area contributed by atoms with Crippen molar-refractivity contribution in [2.75, 3.05) is 5.73 Å². The van der Waals surface area contributed by atoms with Gasteiger partial charge in [-0.2, -0.15) is 4.68 Å². The summed E-state index contributed by atoms with van der Waals surface area (Å²) in [6.45, 7) is 2.11. The smallest absolute Gasteiger partial charge is 0.155 e. The molecule has 2 N–H and O–H groups in total. The molecule has 0 bridgehead atoms. The fourth-order valence-corrected chi connectivity index (χ4v) is 2.20. The van der Waals surface area contributed by atoms with Gasteiger partial charge in [0.1, 0.15) is 5.69 Å². The third kappa shape index (κ3) is 2.03. The van der Waals surface area contributed by atoms with Crippen LogP contribution in [0.5, 0.6) is 0 Å². The maximum atomic E-state index is 6.21. The number of aryl methyl sites for hydroxylation is 1. The number of para-hydroxylation sites is 1. The Balaban J connectivity index is 2.11. The van der Waals surface area contributed by atoms with Crippen molar-refractivity contribution in [1.82, 2.24) is 20.0 Å². The van der Waals surface area contributed by atoms with E-state index in [4.69, 9.17) is 5.73 Å². The average Bonchev–Trinajstić information content (AvgIpc) is 2.89. The molecule has 0 fully saturated rings. The first-order chi connectivity index (χ1) is 9.81. The minimum absolute atomic E-state index is 0.539. The molecule has 0 aliphatic rings. The van der Waals surface area contributed by atoms with Gasteiger partial charge in [-0.3, -0.25) is 4.98 Å². The molecule has 0 spiro atoms. The second-order valence-electron chi connectivity index (χ2n) is 4.45. The first-order valence-corrected chi connectivity index (χ1v) is 6.51. The first-order valence-electron chi connectivity index (χ1n) is 6.51. The Morgan fingerprint density at radius 3 is 2.60 bits per heavy atom. The number of rotatable bonds is 3. The van der Waals surface area contributed by atoms with E-state index in [1.54, 1.807) is 17.1 Å². The zero-order valence-corrected chi connectivity index (χ0v) is 11.2. The summed E-state index contributed by atoms with van der Waals surface area (Å²) in [6, 6.07) is 11.8. The minimum atomic E-state index is 0.539. The van der Waals surface area contributed by atoms with Gasteiger partial charge in [-0.05, 0) is 30.2 Å². The molecular weight excluding hydrogens is 250 g/mol. The standard InChI is InChI=1S/C15H15N5/c1-2-11-5-3-4-6-13(11)20-15(16)14(18-19-20)12-7-9-17-10-8-12/h3-10H,2,16H2,1H3. The molecule has 2 aromatic heterocycles. The Morgan fingerprint density at radius 1 is 1.10 bits per heavy atom. The highest BCUT2D eigenvalue weighted by molar-refractivity contribution is 5.70. The maximum absolute atomic E-state index is 6.21. The Labute approximate surface area is 117 Å². The minimum Gasteiger partial charge on any atom is -0.382 e. The van der Waals surface area contributed by atoms with Crippen LogP contribution < -0.4 is 5.73 Å². The van der Waals surface area contributed by atoms with Crippen LogP contribution in [0.15, 0.2) is 48.8 Å². The van der Waals surface area contributed by atoms with Crippen LogP contribution in [0.2, 0.25) is 0 Å². The molecule has 20 heavy (non-hydrogen) atoms. The molecule has 0 aliphatic carbocycles. The predicted molar refractivity (Wildman–Crippen MR) is 78.4 cm³/mol. The van der Waals surface area contributed by atoms with Gasteiger partial charge in [-0.25, -0.2) is 0 Å². The van der Waals surface area contributed by atoms with E-state index in [0.717, 1.165) is 17.7 Å². The number of nitrogen functional groups attached to an aromatic ring is 1. The monoisotopic (exact) mass is 265 g/mol. The van der Waals surface area contributed by atoms with Gasteiger partial charge in [0.2, 0.25) is 0 Å². The molecule has 0 saturated heterocycles. The van der Waals surface area contributed by atoms with Crippen molar-refractivity contribution in [3.63, 3.8) is 0 Å². The molecule has 0 atom stereocenters. The lowest BCUT2D eigenvalue weighted by Gasteiger charge is -2.08. The van der Waals surface area contributed by atoms with E-state index in [2.05, 4.69) is 28.3 Å². The molecule has 3 aromatic rings. The van der Waals surface area contributed by atoms with Gasteiger partial charge >= 0.3 is 0 Å². The van der Waals surface area contributed by atoms with Gasteiger partial charge in [-0.15, -0.1) is 5.10 Å². The van der Waals surface area contributed by atoms with Crippen LogP contribution in [0.4, 0.5) is 5.82 Å². The second kappa shape index (κ2) is 5.13. The number of nitrogens with zero attached hydrogens (tertiary/aromatic N) is 4. The molecule has 0 saturated carbocycles. The quantitative estimate of drug-likeness (QED) is 0.789.